The van der Waals surface area contributed by atoms with Gasteiger partial charge in [-0.05, 0) is 68.1 Å². The van der Waals surface area contributed by atoms with E-state index < -0.39 is 0 Å². The van der Waals surface area contributed by atoms with Crippen molar-refractivity contribution in [2.24, 2.45) is 0 Å². The Morgan fingerprint density at radius 3 is 2.55 bits per heavy atom. The fourth-order valence-corrected chi connectivity index (χ4v) is 5.11. The van der Waals surface area contributed by atoms with Crippen LogP contribution in [0.15, 0.2) is 42.5 Å². The molecular formula is C23H25Cl2N3O. The molecule has 2 fully saturated rings. The maximum Gasteiger partial charge on any atom is 0.244 e. The molecule has 2 heterocycles. The van der Waals surface area contributed by atoms with Crippen LogP contribution >= 0.6 is 23.2 Å². The third-order valence-corrected chi connectivity index (χ3v) is 6.93. The van der Waals surface area contributed by atoms with E-state index in [4.69, 9.17) is 23.2 Å². The number of carbonyl (C=O) groups is 1. The second-order valence-electron chi connectivity index (χ2n) is 8.27. The van der Waals surface area contributed by atoms with Crippen molar-refractivity contribution < 1.29 is 4.79 Å². The van der Waals surface area contributed by atoms with Crippen molar-refractivity contribution in [1.82, 2.24) is 4.90 Å². The van der Waals surface area contributed by atoms with Gasteiger partial charge in [0, 0.05) is 35.7 Å². The summed E-state index contributed by atoms with van der Waals surface area (Å²) >= 11 is 12.5. The fraction of sp³-hybridized carbons (Fsp3) is 0.435. The molecule has 0 spiro atoms. The van der Waals surface area contributed by atoms with Gasteiger partial charge in [-0.25, -0.2) is 0 Å². The van der Waals surface area contributed by atoms with Crippen LogP contribution in [0.3, 0.4) is 0 Å². The van der Waals surface area contributed by atoms with Gasteiger partial charge in [-0.15, -0.1) is 0 Å². The minimum Gasteiger partial charge on any atom is -0.365 e. The van der Waals surface area contributed by atoms with Crippen LogP contribution in [0.1, 0.15) is 31.2 Å². The van der Waals surface area contributed by atoms with E-state index in [1.807, 2.05) is 23.1 Å². The van der Waals surface area contributed by atoms with E-state index in [0.29, 0.717) is 22.6 Å². The van der Waals surface area contributed by atoms with Crippen LogP contribution in [0.5, 0.6) is 0 Å². The van der Waals surface area contributed by atoms with E-state index in [1.54, 1.807) is 6.07 Å². The predicted octanol–water partition coefficient (Wildman–Crippen LogP) is 4.97. The zero-order chi connectivity index (χ0) is 20.0. The van der Waals surface area contributed by atoms with Gasteiger partial charge in [-0.1, -0.05) is 35.3 Å². The molecule has 4 nitrogen and oxygen atoms in total. The van der Waals surface area contributed by atoms with Crippen LogP contribution in [0.25, 0.3) is 0 Å². The largest absolute Gasteiger partial charge is 0.365 e. The zero-order valence-corrected chi connectivity index (χ0v) is 17.9. The molecule has 1 atom stereocenters. The van der Waals surface area contributed by atoms with E-state index in [2.05, 4.69) is 28.0 Å². The van der Waals surface area contributed by atoms with Crippen LogP contribution in [-0.2, 0) is 11.3 Å². The number of anilines is 2. The fourth-order valence-electron chi connectivity index (χ4n) is 4.74. The molecule has 0 radical (unpaired) electrons. The van der Waals surface area contributed by atoms with Crippen LogP contribution in [0.4, 0.5) is 11.4 Å². The van der Waals surface area contributed by atoms with Gasteiger partial charge in [0.2, 0.25) is 5.91 Å². The van der Waals surface area contributed by atoms with Crippen LogP contribution in [0, 0.1) is 0 Å². The Hall–Kier alpha value is -1.75. The summed E-state index contributed by atoms with van der Waals surface area (Å²) in [6.45, 7) is 3.23. The number of halogens is 2. The molecule has 2 aromatic rings. The van der Waals surface area contributed by atoms with Crippen molar-refractivity contribution >= 4 is 40.5 Å². The lowest BCUT2D eigenvalue weighted by Gasteiger charge is -2.40. The molecule has 1 unspecified atom stereocenters. The van der Waals surface area contributed by atoms with Gasteiger partial charge in [0.15, 0.2) is 0 Å². The molecule has 2 aliphatic heterocycles. The summed E-state index contributed by atoms with van der Waals surface area (Å²) in [6.07, 6.45) is 4.44. The molecular weight excluding hydrogens is 405 g/mol. The topological polar surface area (TPSA) is 26.8 Å². The molecule has 0 aromatic heterocycles. The molecule has 0 N–H and O–H groups in total. The molecule has 29 heavy (non-hydrogen) atoms. The predicted molar refractivity (Wildman–Crippen MR) is 119 cm³/mol. The third-order valence-electron chi connectivity index (χ3n) is 6.33. The molecule has 1 amide bonds. The van der Waals surface area contributed by atoms with Gasteiger partial charge >= 0.3 is 0 Å². The second-order valence-corrected chi connectivity index (χ2v) is 9.11. The van der Waals surface area contributed by atoms with Gasteiger partial charge in [0.05, 0.1) is 17.4 Å². The minimum absolute atomic E-state index is 0.106. The summed E-state index contributed by atoms with van der Waals surface area (Å²) in [5, 5.41) is 1.38. The molecule has 152 valence electrons. The summed E-state index contributed by atoms with van der Waals surface area (Å²) in [5.74, 6) is 0.212. The standard InChI is InChI=1S/C23H25Cl2N3O/c24-17-7-10-19(25)16(14-17)15-26-11-3-6-22(26)23(29)28-13-12-27(18-8-9-18)20-4-1-2-5-21(20)28/h1-2,4-5,7,10,14,18,22H,3,6,8-9,11-13,15H2. The number of hydrogen-bond acceptors (Lipinski definition) is 3. The highest BCUT2D eigenvalue weighted by Crippen LogP contribution is 2.40. The summed E-state index contributed by atoms with van der Waals surface area (Å²) in [7, 11) is 0. The van der Waals surface area contributed by atoms with Crippen molar-refractivity contribution in [3.05, 3.63) is 58.1 Å². The molecule has 1 saturated carbocycles. The Morgan fingerprint density at radius 2 is 1.76 bits per heavy atom. The molecule has 1 aliphatic carbocycles. The van der Waals surface area contributed by atoms with Crippen molar-refractivity contribution in [1.29, 1.82) is 0 Å². The van der Waals surface area contributed by atoms with Crippen LogP contribution < -0.4 is 9.80 Å². The van der Waals surface area contributed by atoms with Crippen molar-refractivity contribution in [2.45, 2.75) is 44.3 Å². The highest BCUT2D eigenvalue weighted by atomic mass is 35.5. The Balaban J connectivity index is 1.38. The summed E-state index contributed by atoms with van der Waals surface area (Å²) in [5.41, 5.74) is 3.25. The number of carbonyl (C=O) groups excluding carboxylic acids is 1. The van der Waals surface area contributed by atoms with Crippen molar-refractivity contribution in [3.8, 4) is 0 Å². The number of amides is 1. The summed E-state index contributed by atoms with van der Waals surface area (Å²) in [4.78, 5) is 20.4. The van der Waals surface area contributed by atoms with Gasteiger partial charge in [-0.2, -0.15) is 0 Å². The molecule has 0 bridgehead atoms. The van der Waals surface area contributed by atoms with E-state index in [1.165, 1.54) is 18.5 Å². The van der Waals surface area contributed by atoms with Crippen LogP contribution in [-0.4, -0.2) is 42.5 Å². The Bertz CT molecular complexity index is 930. The zero-order valence-electron chi connectivity index (χ0n) is 16.4. The van der Waals surface area contributed by atoms with Crippen LogP contribution in [0.2, 0.25) is 10.0 Å². The molecule has 6 heteroatoms. The van der Waals surface area contributed by atoms with Gasteiger partial charge in [0.1, 0.15) is 0 Å². The Kier molecular flexibility index (Phi) is 5.19. The first-order chi connectivity index (χ1) is 14.1. The van der Waals surface area contributed by atoms with Gasteiger partial charge in [0.25, 0.3) is 0 Å². The van der Waals surface area contributed by atoms with E-state index in [9.17, 15) is 4.79 Å². The second kappa shape index (κ2) is 7.82. The van der Waals surface area contributed by atoms with Gasteiger partial charge in [-0.3, -0.25) is 9.69 Å². The minimum atomic E-state index is -0.106. The quantitative estimate of drug-likeness (QED) is 0.685. The number of benzene rings is 2. The Labute approximate surface area is 182 Å². The highest BCUT2D eigenvalue weighted by Gasteiger charge is 2.39. The summed E-state index contributed by atoms with van der Waals surface area (Å²) < 4.78 is 0. The lowest BCUT2D eigenvalue weighted by atomic mass is 10.1. The molecule has 3 aliphatic rings. The average Bonchev–Trinajstić information content (AvgIpc) is 3.48. The first-order valence-corrected chi connectivity index (χ1v) is 11.2. The normalized spacial score (nSPS) is 22.1. The molecule has 2 aromatic carbocycles. The average molecular weight is 430 g/mol. The van der Waals surface area contributed by atoms with Crippen molar-refractivity contribution in [2.75, 3.05) is 29.4 Å². The van der Waals surface area contributed by atoms with E-state index >= 15 is 0 Å². The lowest BCUT2D eigenvalue weighted by molar-refractivity contribution is -0.123. The molecule has 5 rings (SSSR count). The lowest BCUT2D eigenvalue weighted by Crippen LogP contribution is -2.51. The smallest absolute Gasteiger partial charge is 0.244 e. The number of rotatable bonds is 4. The number of fused-ring (bicyclic) bond motifs is 1. The first kappa shape index (κ1) is 19.2. The first-order valence-electron chi connectivity index (χ1n) is 10.5. The maximum atomic E-state index is 13.6. The number of para-hydroxylation sites is 2. The third kappa shape index (κ3) is 3.74. The number of hydrogen-bond donors (Lipinski definition) is 0. The van der Waals surface area contributed by atoms with E-state index in [-0.39, 0.29) is 11.9 Å². The Morgan fingerprint density at radius 1 is 0.966 bits per heavy atom. The molecule has 1 saturated heterocycles. The van der Waals surface area contributed by atoms with Gasteiger partial charge < -0.3 is 9.80 Å². The monoisotopic (exact) mass is 429 g/mol. The SMILES string of the molecule is O=C(C1CCCN1Cc1cc(Cl)ccc1Cl)N1CCN(C2CC2)c2ccccc21. The number of likely N-dealkylation sites (tertiary alicyclic amines) is 1. The van der Waals surface area contributed by atoms with E-state index in [0.717, 1.165) is 43.7 Å². The van der Waals surface area contributed by atoms with Crippen molar-refractivity contribution in [3.63, 3.8) is 0 Å². The number of nitrogens with zero attached hydrogens (tertiary/aromatic N) is 3. The summed E-state index contributed by atoms with van der Waals surface area (Å²) in [6, 6.07) is 14.5. The maximum absolute atomic E-state index is 13.6. The highest BCUT2D eigenvalue weighted by molar-refractivity contribution is 6.33.